The van der Waals surface area contributed by atoms with Crippen molar-refractivity contribution in [2.24, 2.45) is 5.92 Å². The van der Waals surface area contributed by atoms with E-state index >= 15 is 0 Å². The fourth-order valence-electron chi connectivity index (χ4n) is 1.78. The predicted molar refractivity (Wildman–Crippen MR) is 79.7 cm³/mol. The summed E-state index contributed by atoms with van der Waals surface area (Å²) < 4.78 is 17.5. The van der Waals surface area contributed by atoms with E-state index in [1.165, 1.54) is 0 Å². The van der Waals surface area contributed by atoms with Gasteiger partial charge in [-0.25, -0.2) is 9.97 Å². The van der Waals surface area contributed by atoms with Crippen molar-refractivity contribution in [2.75, 3.05) is 33.0 Å². The molecular weight excluding hydrogens is 324 g/mol. The van der Waals surface area contributed by atoms with Gasteiger partial charge in [0.25, 0.3) is 0 Å². The maximum absolute atomic E-state index is 5.78. The topological polar surface area (TPSA) is 53.5 Å². The molecule has 2 rings (SSSR count). The van der Waals surface area contributed by atoms with Gasteiger partial charge in [0.05, 0.1) is 39.2 Å². The number of hydrogen-bond acceptors (Lipinski definition) is 5. The molecule has 0 aliphatic carbocycles. The Labute approximate surface area is 127 Å². The molecule has 0 saturated carbocycles. The van der Waals surface area contributed by atoms with E-state index in [0.29, 0.717) is 55.6 Å². The molecule has 0 unspecified atom stereocenters. The molecule has 0 aromatic carbocycles. The molecule has 1 aliphatic rings. The normalized spacial score (nSPS) is 21.9. The summed E-state index contributed by atoms with van der Waals surface area (Å²) in [5.41, 5.74) is 1.57. The van der Waals surface area contributed by atoms with Crippen molar-refractivity contribution < 1.29 is 14.2 Å². The Kier molecular flexibility index (Phi) is 5.94. The molecular formula is C14H19BrN2O3. The summed E-state index contributed by atoms with van der Waals surface area (Å²) in [6.45, 7) is 9.08. The summed E-state index contributed by atoms with van der Waals surface area (Å²) in [7, 11) is 0. The number of halogens is 1. The van der Waals surface area contributed by atoms with E-state index in [1.54, 1.807) is 6.20 Å². The van der Waals surface area contributed by atoms with Crippen LogP contribution in [0.1, 0.15) is 19.0 Å². The monoisotopic (exact) mass is 342 g/mol. The number of hydrogen-bond donors (Lipinski definition) is 0. The molecule has 5 nitrogen and oxygen atoms in total. The minimum Gasteiger partial charge on any atom is -0.476 e. The van der Waals surface area contributed by atoms with Crippen LogP contribution in [0.4, 0.5) is 0 Å². The predicted octanol–water partition coefficient (Wildman–Crippen LogP) is 2.70. The van der Waals surface area contributed by atoms with Gasteiger partial charge in [-0.15, -0.1) is 0 Å². The average Bonchev–Trinajstić information content (AvgIpc) is 2.44. The molecule has 0 radical (unpaired) electrons. The van der Waals surface area contributed by atoms with Crippen LogP contribution in [0.25, 0.3) is 5.57 Å². The first-order valence-corrected chi connectivity index (χ1v) is 7.45. The van der Waals surface area contributed by atoms with Gasteiger partial charge in [-0.3, -0.25) is 0 Å². The first-order valence-electron chi connectivity index (χ1n) is 6.66. The van der Waals surface area contributed by atoms with Gasteiger partial charge in [0.2, 0.25) is 5.88 Å². The molecule has 20 heavy (non-hydrogen) atoms. The van der Waals surface area contributed by atoms with Gasteiger partial charge in [0.1, 0.15) is 10.3 Å². The minimum absolute atomic E-state index is 0.276. The van der Waals surface area contributed by atoms with Crippen molar-refractivity contribution in [3.63, 3.8) is 0 Å². The fraction of sp³-hybridized carbons (Fsp3) is 0.571. The maximum atomic E-state index is 5.78. The zero-order valence-electron chi connectivity index (χ0n) is 11.6. The van der Waals surface area contributed by atoms with Gasteiger partial charge in [-0.2, -0.15) is 0 Å². The Morgan fingerprint density at radius 1 is 1.25 bits per heavy atom. The molecule has 2 heterocycles. The molecule has 6 heteroatoms. The number of fused-ring (bicyclic) bond motifs is 1. The van der Waals surface area contributed by atoms with Crippen molar-refractivity contribution >= 4 is 21.5 Å². The summed E-state index contributed by atoms with van der Waals surface area (Å²) in [6, 6.07) is 0. The molecule has 1 aliphatic heterocycles. The third-order valence-electron chi connectivity index (χ3n) is 2.87. The number of aromatic nitrogens is 2. The largest absolute Gasteiger partial charge is 0.476 e. The molecule has 0 fully saturated rings. The van der Waals surface area contributed by atoms with Crippen molar-refractivity contribution in [1.29, 1.82) is 0 Å². The van der Waals surface area contributed by atoms with Gasteiger partial charge < -0.3 is 14.2 Å². The Bertz CT molecular complexity index is 468. The lowest BCUT2D eigenvalue weighted by molar-refractivity contribution is 0.0307. The molecule has 0 N–H and O–H groups in total. The molecule has 1 aromatic heterocycles. The van der Waals surface area contributed by atoms with Gasteiger partial charge in [-0.1, -0.05) is 13.5 Å². The number of rotatable bonds is 0. The highest BCUT2D eigenvalue weighted by molar-refractivity contribution is 9.10. The molecule has 110 valence electrons. The Hall–Kier alpha value is -0.980. The lowest BCUT2D eigenvalue weighted by atomic mass is 10.1. The lowest BCUT2D eigenvalue weighted by Gasteiger charge is -2.14. The van der Waals surface area contributed by atoms with Crippen molar-refractivity contribution in [3.05, 3.63) is 23.1 Å². The second-order valence-electron chi connectivity index (χ2n) is 4.80. The molecule has 1 aromatic rings. The summed E-state index contributed by atoms with van der Waals surface area (Å²) >= 11 is 3.31. The van der Waals surface area contributed by atoms with E-state index in [1.807, 2.05) is 0 Å². The fourth-order valence-corrected chi connectivity index (χ4v) is 2.05. The molecule has 0 bridgehead atoms. The van der Waals surface area contributed by atoms with Crippen LogP contribution in [0.5, 0.6) is 5.88 Å². The van der Waals surface area contributed by atoms with E-state index in [2.05, 4.69) is 39.4 Å². The summed E-state index contributed by atoms with van der Waals surface area (Å²) in [5.74, 6) is 0.785. The summed E-state index contributed by atoms with van der Waals surface area (Å²) in [4.78, 5) is 8.70. The second-order valence-corrected chi connectivity index (χ2v) is 5.62. The number of nitrogens with zero attached hydrogens (tertiary/aromatic N) is 2. The third-order valence-corrected chi connectivity index (χ3v) is 3.26. The Morgan fingerprint density at radius 2 is 2.05 bits per heavy atom. The van der Waals surface area contributed by atoms with Gasteiger partial charge >= 0.3 is 0 Å². The average molecular weight is 343 g/mol. The van der Waals surface area contributed by atoms with Crippen molar-refractivity contribution in [2.45, 2.75) is 13.3 Å². The van der Waals surface area contributed by atoms with E-state index < -0.39 is 0 Å². The molecule has 0 spiro atoms. The second kappa shape index (κ2) is 7.71. The highest BCUT2D eigenvalue weighted by Crippen LogP contribution is 2.25. The van der Waals surface area contributed by atoms with Crippen molar-refractivity contribution in [3.8, 4) is 5.88 Å². The van der Waals surface area contributed by atoms with Crippen LogP contribution >= 0.6 is 15.9 Å². The molecule has 1 atom stereocenters. The van der Waals surface area contributed by atoms with Crippen LogP contribution < -0.4 is 4.74 Å². The summed E-state index contributed by atoms with van der Waals surface area (Å²) in [5, 5.41) is 0. The molecule has 0 saturated heterocycles. The quantitative estimate of drug-likeness (QED) is 0.725. The van der Waals surface area contributed by atoms with Gasteiger partial charge in [-0.05, 0) is 27.9 Å². The number of ether oxygens (including phenoxy) is 3. The smallest absolute Gasteiger partial charge is 0.241 e. The SMILES string of the molecule is C=C1CCOCCOC[C@@H](C)COc2nc(Br)cnc21. The van der Waals surface area contributed by atoms with E-state index in [9.17, 15) is 0 Å². The van der Waals surface area contributed by atoms with Gasteiger partial charge in [0, 0.05) is 5.92 Å². The standard InChI is InChI=1S/C14H19BrN2O3/c1-10-8-19-6-5-18-4-3-11(2)13-14(20-9-10)17-12(15)7-16-13/h7,10H,2-6,8-9H2,1H3/t10-/m1/s1. The first-order chi connectivity index (χ1) is 9.66. The van der Waals surface area contributed by atoms with Crippen LogP contribution in [0, 0.1) is 5.92 Å². The van der Waals surface area contributed by atoms with Crippen LogP contribution in [-0.2, 0) is 9.47 Å². The zero-order chi connectivity index (χ0) is 14.4. The zero-order valence-corrected chi connectivity index (χ0v) is 13.2. The Morgan fingerprint density at radius 3 is 2.90 bits per heavy atom. The molecule has 0 amide bonds. The summed E-state index contributed by atoms with van der Waals surface area (Å²) in [6.07, 6.45) is 2.35. The highest BCUT2D eigenvalue weighted by Gasteiger charge is 2.14. The highest BCUT2D eigenvalue weighted by atomic mass is 79.9. The van der Waals surface area contributed by atoms with Crippen LogP contribution in [0.15, 0.2) is 17.4 Å². The Balaban J connectivity index is 2.17. The minimum atomic E-state index is 0.276. The van der Waals surface area contributed by atoms with E-state index in [4.69, 9.17) is 14.2 Å². The van der Waals surface area contributed by atoms with Crippen LogP contribution in [0.3, 0.4) is 0 Å². The lowest BCUT2D eigenvalue weighted by Crippen LogP contribution is -2.17. The third kappa shape index (κ3) is 4.54. The van der Waals surface area contributed by atoms with Crippen LogP contribution in [-0.4, -0.2) is 43.0 Å². The van der Waals surface area contributed by atoms with E-state index in [-0.39, 0.29) is 5.92 Å². The van der Waals surface area contributed by atoms with Crippen molar-refractivity contribution in [1.82, 2.24) is 9.97 Å². The van der Waals surface area contributed by atoms with Gasteiger partial charge in [0.15, 0.2) is 0 Å². The maximum Gasteiger partial charge on any atom is 0.241 e. The van der Waals surface area contributed by atoms with E-state index in [0.717, 1.165) is 5.57 Å². The first kappa shape index (κ1) is 15.4. The van der Waals surface area contributed by atoms with Crippen LogP contribution in [0.2, 0.25) is 0 Å².